The van der Waals surface area contributed by atoms with Gasteiger partial charge in [0.2, 0.25) is 0 Å². The van der Waals surface area contributed by atoms with Crippen molar-refractivity contribution < 1.29 is 19.4 Å². The van der Waals surface area contributed by atoms with Gasteiger partial charge in [0, 0.05) is 7.05 Å². The van der Waals surface area contributed by atoms with Gasteiger partial charge in [0.25, 0.3) is 5.91 Å². The number of ether oxygens (including phenoxy) is 2. The molecule has 0 radical (unpaired) electrons. The molecule has 0 bridgehead atoms. The zero-order chi connectivity index (χ0) is 14.4. The number of hydrogen-bond donors (Lipinski definition) is 2. The first kappa shape index (κ1) is 15.8. The molecule has 1 aromatic carbocycles. The lowest BCUT2D eigenvalue weighted by molar-refractivity contribution is -0.126. The maximum Gasteiger partial charge on any atom is 0.260 e. The summed E-state index contributed by atoms with van der Waals surface area (Å²) in [5.74, 6) is 0.729. The molecule has 1 amide bonds. The van der Waals surface area contributed by atoms with E-state index in [1.54, 1.807) is 26.1 Å². The van der Waals surface area contributed by atoms with Crippen molar-refractivity contribution in [1.29, 1.82) is 0 Å². The zero-order valence-corrected chi connectivity index (χ0v) is 12.8. The summed E-state index contributed by atoms with van der Waals surface area (Å²) in [6, 6.07) is 3.43. The van der Waals surface area contributed by atoms with Crippen molar-refractivity contribution in [2.45, 2.75) is 26.6 Å². The molecule has 2 N–H and O–H groups in total. The molecule has 1 unspecified atom stereocenters. The van der Waals surface area contributed by atoms with E-state index in [0.717, 1.165) is 0 Å². The third kappa shape index (κ3) is 4.11. The Morgan fingerprint density at radius 3 is 2.74 bits per heavy atom. The van der Waals surface area contributed by atoms with Gasteiger partial charge in [0.15, 0.2) is 17.6 Å². The smallest absolute Gasteiger partial charge is 0.260 e. The molecule has 0 heterocycles. The number of rotatable bonds is 6. The molecule has 1 rings (SSSR count). The number of benzene rings is 1. The summed E-state index contributed by atoms with van der Waals surface area (Å²) in [4.78, 5) is 11.5. The van der Waals surface area contributed by atoms with Crippen LogP contribution in [-0.4, -0.2) is 30.8 Å². The van der Waals surface area contributed by atoms with Crippen LogP contribution in [-0.2, 0) is 11.4 Å². The molecule has 19 heavy (non-hydrogen) atoms. The molecule has 0 aromatic heterocycles. The van der Waals surface area contributed by atoms with Crippen LogP contribution in [0.3, 0.4) is 0 Å². The van der Waals surface area contributed by atoms with E-state index >= 15 is 0 Å². The maximum absolute atomic E-state index is 11.5. The van der Waals surface area contributed by atoms with Gasteiger partial charge in [-0.25, -0.2) is 0 Å². The first-order valence-corrected chi connectivity index (χ1v) is 6.77. The fourth-order valence-electron chi connectivity index (χ4n) is 1.52. The number of halogens is 1. The zero-order valence-electron chi connectivity index (χ0n) is 11.2. The van der Waals surface area contributed by atoms with E-state index in [2.05, 4.69) is 21.2 Å². The molecule has 5 nitrogen and oxygen atoms in total. The van der Waals surface area contributed by atoms with Crippen molar-refractivity contribution in [2.24, 2.45) is 0 Å². The van der Waals surface area contributed by atoms with Gasteiger partial charge in [-0.1, -0.05) is 0 Å². The van der Waals surface area contributed by atoms with E-state index in [0.29, 0.717) is 28.1 Å². The number of carbonyl (C=O) groups is 1. The minimum Gasteiger partial charge on any atom is -0.490 e. The summed E-state index contributed by atoms with van der Waals surface area (Å²) in [5, 5.41) is 11.7. The number of nitrogens with one attached hydrogen (secondary N) is 1. The van der Waals surface area contributed by atoms with Crippen LogP contribution in [0.25, 0.3) is 0 Å². The molecule has 0 aliphatic rings. The number of carbonyl (C=O) groups excluding carboxylic acids is 1. The highest BCUT2D eigenvalue weighted by Gasteiger charge is 2.18. The molecule has 0 aliphatic heterocycles. The average molecular weight is 332 g/mol. The lowest BCUT2D eigenvalue weighted by Gasteiger charge is -2.18. The van der Waals surface area contributed by atoms with Crippen molar-refractivity contribution in [2.75, 3.05) is 13.7 Å². The molecule has 0 saturated heterocycles. The van der Waals surface area contributed by atoms with Crippen molar-refractivity contribution in [3.63, 3.8) is 0 Å². The monoisotopic (exact) mass is 331 g/mol. The predicted octanol–water partition coefficient (Wildman–Crippen LogP) is 1.85. The first-order chi connectivity index (χ1) is 9.03. The van der Waals surface area contributed by atoms with Crippen LogP contribution in [0, 0.1) is 0 Å². The third-order valence-electron chi connectivity index (χ3n) is 2.46. The van der Waals surface area contributed by atoms with Gasteiger partial charge in [0.05, 0.1) is 17.7 Å². The average Bonchev–Trinajstić information content (AvgIpc) is 2.41. The van der Waals surface area contributed by atoms with Gasteiger partial charge in [0.1, 0.15) is 0 Å². The molecule has 6 heteroatoms. The number of amides is 1. The van der Waals surface area contributed by atoms with Gasteiger partial charge in [-0.15, -0.1) is 0 Å². The molecule has 0 fully saturated rings. The number of aliphatic hydroxyl groups excluding tert-OH is 1. The van der Waals surface area contributed by atoms with Crippen LogP contribution in [0.4, 0.5) is 0 Å². The number of likely N-dealkylation sites (N-methyl/N-ethyl adjacent to an activating group) is 1. The largest absolute Gasteiger partial charge is 0.490 e. The van der Waals surface area contributed by atoms with Crippen molar-refractivity contribution in [3.8, 4) is 11.5 Å². The Morgan fingerprint density at radius 2 is 2.21 bits per heavy atom. The fourth-order valence-corrected chi connectivity index (χ4v) is 2.11. The lowest BCUT2D eigenvalue weighted by atomic mass is 10.2. The Labute approximate surface area is 121 Å². The Kier molecular flexibility index (Phi) is 6.11. The molecule has 106 valence electrons. The summed E-state index contributed by atoms with van der Waals surface area (Å²) in [7, 11) is 1.55. The minimum absolute atomic E-state index is 0.0933. The van der Waals surface area contributed by atoms with Crippen LogP contribution in [0.1, 0.15) is 19.4 Å². The summed E-state index contributed by atoms with van der Waals surface area (Å²) < 4.78 is 11.7. The van der Waals surface area contributed by atoms with E-state index < -0.39 is 6.10 Å². The Bertz CT molecular complexity index is 451. The first-order valence-electron chi connectivity index (χ1n) is 5.97. The molecular weight excluding hydrogens is 314 g/mol. The SMILES string of the molecule is CCOc1cc(CO)cc(Br)c1OC(C)C(=O)NC. The van der Waals surface area contributed by atoms with Crippen molar-refractivity contribution >= 4 is 21.8 Å². The van der Waals surface area contributed by atoms with E-state index in [9.17, 15) is 9.90 Å². The third-order valence-corrected chi connectivity index (χ3v) is 3.05. The van der Waals surface area contributed by atoms with E-state index in [4.69, 9.17) is 9.47 Å². The van der Waals surface area contributed by atoms with Crippen LogP contribution >= 0.6 is 15.9 Å². The van der Waals surface area contributed by atoms with E-state index in [1.165, 1.54) is 0 Å². The van der Waals surface area contributed by atoms with E-state index in [-0.39, 0.29) is 12.5 Å². The highest BCUT2D eigenvalue weighted by molar-refractivity contribution is 9.10. The Morgan fingerprint density at radius 1 is 1.53 bits per heavy atom. The molecule has 1 aromatic rings. The van der Waals surface area contributed by atoms with Gasteiger partial charge in [-0.2, -0.15) is 0 Å². The normalized spacial score (nSPS) is 11.8. The molecule has 0 aliphatic carbocycles. The Balaban J connectivity index is 3.07. The van der Waals surface area contributed by atoms with Crippen LogP contribution in [0.2, 0.25) is 0 Å². The summed E-state index contributed by atoms with van der Waals surface area (Å²) in [6.45, 7) is 3.88. The van der Waals surface area contributed by atoms with Gasteiger partial charge in [-0.3, -0.25) is 4.79 Å². The highest BCUT2D eigenvalue weighted by atomic mass is 79.9. The second kappa shape index (κ2) is 7.35. The van der Waals surface area contributed by atoms with Gasteiger partial charge in [-0.05, 0) is 47.5 Å². The summed E-state index contributed by atoms with van der Waals surface area (Å²) in [5.41, 5.74) is 0.704. The molecule has 1 atom stereocenters. The fraction of sp³-hybridized carbons (Fsp3) is 0.462. The van der Waals surface area contributed by atoms with Crippen LogP contribution in [0.5, 0.6) is 11.5 Å². The number of hydrogen-bond acceptors (Lipinski definition) is 4. The van der Waals surface area contributed by atoms with Crippen molar-refractivity contribution in [3.05, 3.63) is 22.2 Å². The van der Waals surface area contributed by atoms with Gasteiger partial charge >= 0.3 is 0 Å². The quantitative estimate of drug-likeness (QED) is 0.834. The molecule has 0 spiro atoms. The summed E-state index contributed by atoms with van der Waals surface area (Å²) in [6.07, 6.45) is -0.638. The predicted molar refractivity (Wildman–Crippen MR) is 75.4 cm³/mol. The molecular formula is C13H18BrNO4. The number of aliphatic hydroxyl groups is 1. The van der Waals surface area contributed by atoms with Gasteiger partial charge < -0.3 is 19.9 Å². The topological polar surface area (TPSA) is 67.8 Å². The maximum atomic E-state index is 11.5. The van der Waals surface area contributed by atoms with Crippen LogP contribution < -0.4 is 14.8 Å². The van der Waals surface area contributed by atoms with Crippen LogP contribution in [0.15, 0.2) is 16.6 Å². The molecule has 0 saturated carbocycles. The standard InChI is InChI=1S/C13H18BrNO4/c1-4-18-11-6-9(7-16)5-10(14)12(11)19-8(2)13(17)15-3/h5-6,8,16H,4,7H2,1-3H3,(H,15,17). The Hall–Kier alpha value is -1.27. The lowest BCUT2D eigenvalue weighted by Crippen LogP contribution is -2.33. The minimum atomic E-state index is -0.638. The van der Waals surface area contributed by atoms with E-state index in [1.807, 2.05) is 6.92 Å². The second-order valence-corrected chi connectivity index (χ2v) is 4.72. The van der Waals surface area contributed by atoms with Crippen molar-refractivity contribution in [1.82, 2.24) is 5.32 Å². The highest BCUT2D eigenvalue weighted by Crippen LogP contribution is 2.37. The second-order valence-electron chi connectivity index (χ2n) is 3.87. The summed E-state index contributed by atoms with van der Waals surface area (Å²) >= 11 is 3.36.